The lowest BCUT2D eigenvalue weighted by atomic mass is 10.1. The van der Waals surface area contributed by atoms with Crippen molar-refractivity contribution in [2.24, 2.45) is 0 Å². The Kier molecular flexibility index (Phi) is 2.54. The summed E-state index contributed by atoms with van der Waals surface area (Å²) in [5.41, 5.74) is 6.02. The summed E-state index contributed by atoms with van der Waals surface area (Å²) in [5.74, 6) is 0. The van der Waals surface area contributed by atoms with E-state index in [1.165, 1.54) is 6.07 Å². The third kappa shape index (κ3) is 1.99. The molecule has 0 aliphatic heterocycles. The van der Waals surface area contributed by atoms with Gasteiger partial charge in [-0.15, -0.1) is 0 Å². The van der Waals surface area contributed by atoms with Crippen molar-refractivity contribution in [1.82, 2.24) is 9.97 Å². The first-order chi connectivity index (χ1) is 7.56. The van der Waals surface area contributed by atoms with Crippen LogP contribution >= 0.6 is 11.6 Å². The van der Waals surface area contributed by atoms with E-state index in [0.29, 0.717) is 22.0 Å². The fourth-order valence-electron chi connectivity index (χ4n) is 1.34. The zero-order chi connectivity index (χ0) is 11.7. The number of hydrogen-bond donors (Lipinski definition) is 3. The molecule has 0 atom stereocenters. The van der Waals surface area contributed by atoms with Crippen molar-refractivity contribution in [1.29, 1.82) is 0 Å². The summed E-state index contributed by atoms with van der Waals surface area (Å²) >= 11 is 5.77. The van der Waals surface area contributed by atoms with Crippen LogP contribution in [-0.2, 0) is 0 Å². The molecular weight excluding hydrogens is 230 g/mol. The first-order valence-corrected chi connectivity index (χ1v) is 4.83. The van der Waals surface area contributed by atoms with Gasteiger partial charge < -0.3 is 10.7 Å². The number of halogens is 1. The number of nitrogens with two attached hydrogens (primary N) is 1. The Morgan fingerprint density at radius 2 is 1.88 bits per heavy atom. The average molecular weight is 238 g/mol. The maximum Gasteiger partial charge on any atom is 0.326 e. The van der Waals surface area contributed by atoms with E-state index >= 15 is 0 Å². The summed E-state index contributed by atoms with van der Waals surface area (Å²) in [4.78, 5) is 26.8. The van der Waals surface area contributed by atoms with Gasteiger partial charge in [-0.2, -0.15) is 0 Å². The van der Waals surface area contributed by atoms with E-state index in [2.05, 4.69) is 9.97 Å². The SMILES string of the molecule is Nc1cc(-c2cc(=O)[nH]c(=O)[nH]2)ccc1Cl. The van der Waals surface area contributed by atoms with Crippen LogP contribution in [0.5, 0.6) is 0 Å². The molecule has 0 spiro atoms. The molecule has 0 bridgehead atoms. The zero-order valence-corrected chi connectivity index (χ0v) is 8.84. The van der Waals surface area contributed by atoms with Gasteiger partial charge in [-0.1, -0.05) is 17.7 Å². The minimum Gasteiger partial charge on any atom is -0.398 e. The molecule has 0 unspecified atom stereocenters. The maximum atomic E-state index is 11.1. The monoisotopic (exact) mass is 237 g/mol. The molecule has 1 aromatic heterocycles. The summed E-state index contributed by atoms with van der Waals surface area (Å²) in [6, 6.07) is 6.15. The van der Waals surface area contributed by atoms with E-state index in [-0.39, 0.29) is 0 Å². The summed E-state index contributed by atoms with van der Waals surface area (Å²) in [7, 11) is 0. The van der Waals surface area contributed by atoms with Gasteiger partial charge in [0.2, 0.25) is 0 Å². The Morgan fingerprint density at radius 1 is 1.12 bits per heavy atom. The summed E-state index contributed by atoms with van der Waals surface area (Å²) in [6.45, 7) is 0. The molecule has 0 fully saturated rings. The van der Waals surface area contributed by atoms with Crippen LogP contribution in [0.2, 0.25) is 5.02 Å². The number of rotatable bonds is 1. The number of benzene rings is 1. The molecule has 0 amide bonds. The van der Waals surface area contributed by atoms with E-state index in [9.17, 15) is 9.59 Å². The van der Waals surface area contributed by atoms with Crippen LogP contribution in [0.15, 0.2) is 33.9 Å². The van der Waals surface area contributed by atoms with Crippen LogP contribution in [0.4, 0.5) is 5.69 Å². The van der Waals surface area contributed by atoms with Gasteiger partial charge in [0.1, 0.15) is 0 Å². The molecule has 2 aromatic rings. The molecule has 6 heteroatoms. The summed E-state index contributed by atoms with van der Waals surface area (Å²) in [5, 5.41) is 0.427. The Bertz CT molecular complexity index is 617. The van der Waals surface area contributed by atoms with Gasteiger partial charge in [0.25, 0.3) is 5.56 Å². The number of hydrogen-bond acceptors (Lipinski definition) is 3. The maximum absolute atomic E-state index is 11.1. The van der Waals surface area contributed by atoms with Gasteiger partial charge in [0.05, 0.1) is 16.4 Å². The highest BCUT2D eigenvalue weighted by Crippen LogP contribution is 2.24. The van der Waals surface area contributed by atoms with Crippen molar-refractivity contribution in [3.63, 3.8) is 0 Å². The van der Waals surface area contributed by atoms with Crippen molar-refractivity contribution < 1.29 is 0 Å². The van der Waals surface area contributed by atoms with Gasteiger partial charge in [-0.25, -0.2) is 4.79 Å². The Hall–Kier alpha value is -2.01. The smallest absolute Gasteiger partial charge is 0.326 e. The standard InChI is InChI=1S/C10H8ClN3O2/c11-6-2-1-5(3-7(6)12)8-4-9(15)14-10(16)13-8/h1-4H,12H2,(H2,13,14,15,16). The van der Waals surface area contributed by atoms with Crippen LogP contribution in [0.1, 0.15) is 0 Å². The lowest BCUT2D eigenvalue weighted by Crippen LogP contribution is -2.21. The van der Waals surface area contributed by atoms with Crippen molar-refractivity contribution in [2.75, 3.05) is 5.73 Å². The second-order valence-electron chi connectivity index (χ2n) is 3.24. The molecule has 0 aliphatic rings. The minimum atomic E-state index is -0.559. The number of aromatic amines is 2. The predicted octanol–water partition coefficient (Wildman–Crippen LogP) is 0.966. The second kappa shape index (κ2) is 3.86. The van der Waals surface area contributed by atoms with Crippen LogP contribution in [0.25, 0.3) is 11.3 Å². The molecule has 82 valence electrons. The van der Waals surface area contributed by atoms with Crippen molar-refractivity contribution in [3.8, 4) is 11.3 Å². The third-order valence-corrected chi connectivity index (χ3v) is 2.41. The van der Waals surface area contributed by atoms with Gasteiger partial charge >= 0.3 is 5.69 Å². The van der Waals surface area contributed by atoms with Crippen LogP contribution < -0.4 is 17.0 Å². The highest BCUT2D eigenvalue weighted by molar-refractivity contribution is 6.33. The van der Waals surface area contributed by atoms with Gasteiger partial charge in [0.15, 0.2) is 0 Å². The van der Waals surface area contributed by atoms with Crippen molar-refractivity contribution >= 4 is 17.3 Å². The lowest BCUT2D eigenvalue weighted by Gasteiger charge is -2.03. The van der Waals surface area contributed by atoms with E-state index < -0.39 is 11.2 Å². The normalized spacial score (nSPS) is 10.3. The van der Waals surface area contributed by atoms with Crippen molar-refractivity contribution in [3.05, 3.63) is 50.1 Å². The summed E-state index contributed by atoms with van der Waals surface area (Å²) in [6.07, 6.45) is 0. The van der Waals surface area contributed by atoms with E-state index in [1.807, 2.05) is 0 Å². The first-order valence-electron chi connectivity index (χ1n) is 4.45. The lowest BCUT2D eigenvalue weighted by molar-refractivity contribution is 1.04. The largest absolute Gasteiger partial charge is 0.398 e. The number of anilines is 1. The summed E-state index contributed by atoms with van der Waals surface area (Å²) < 4.78 is 0. The average Bonchev–Trinajstić information content (AvgIpc) is 2.20. The molecule has 0 radical (unpaired) electrons. The molecule has 16 heavy (non-hydrogen) atoms. The quantitative estimate of drug-likeness (QED) is 0.645. The fraction of sp³-hybridized carbons (Fsp3) is 0. The molecule has 0 saturated heterocycles. The molecule has 0 aliphatic carbocycles. The van der Waals surface area contributed by atoms with Crippen LogP contribution in [-0.4, -0.2) is 9.97 Å². The highest BCUT2D eigenvalue weighted by atomic mass is 35.5. The number of H-pyrrole nitrogens is 2. The fourth-order valence-corrected chi connectivity index (χ4v) is 1.45. The Labute approximate surface area is 94.9 Å². The van der Waals surface area contributed by atoms with Crippen molar-refractivity contribution in [2.45, 2.75) is 0 Å². The highest BCUT2D eigenvalue weighted by Gasteiger charge is 2.03. The number of nitrogen functional groups attached to an aromatic ring is 1. The third-order valence-electron chi connectivity index (χ3n) is 2.07. The minimum absolute atomic E-state index is 0.389. The molecule has 2 rings (SSSR count). The predicted molar refractivity (Wildman–Crippen MR) is 62.5 cm³/mol. The molecule has 4 N–H and O–H groups in total. The van der Waals surface area contributed by atoms with Gasteiger partial charge in [-0.05, 0) is 12.1 Å². The van der Waals surface area contributed by atoms with Gasteiger partial charge in [0, 0.05) is 11.6 Å². The van der Waals surface area contributed by atoms with E-state index in [0.717, 1.165) is 0 Å². The van der Waals surface area contributed by atoms with E-state index in [4.69, 9.17) is 17.3 Å². The van der Waals surface area contributed by atoms with Crippen LogP contribution in [0.3, 0.4) is 0 Å². The van der Waals surface area contributed by atoms with E-state index in [1.54, 1.807) is 18.2 Å². The number of aromatic nitrogens is 2. The topological polar surface area (TPSA) is 91.7 Å². The molecule has 1 aromatic carbocycles. The first kappa shape index (κ1) is 10.5. The zero-order valence-electron chi connectivity index (χ0n) is 8.08. The molecule has 5 nitrogen and oxygen atoms in total. The second-order valence-corrected chi connectivity index (χ2v) is 3.64. The number of nitrogens with one attached hydrogen (secondary N) is 2. The Balaban J connectivity index is 2.63. The molecule has 0 saturated carbocycles. The molecule has 1 heterocycles. The molecular formula is C10H8ClN3O2. The van der Waals surface area contributed by atoms with Crippen LogP contribution in [0, 0.1) is 0 Å². The van der Waals surface area contributed by atoms with Gasteiger partial charge in [-0.3, -0.25) is 9.78 Å². The Morgan fingerprint density at radius 3 is 2.50 bits per heavy atom.